The number of hydrogen-bond acceptors (Lipinski definition) is 2. The van der Waals surface area contributed by atoms with Crippen molar-refractivity contribution >= 4 is 5.91 Å². The number of alkyl halides is 3. The number of carbonyl (C=O) groups excluding carboxylic acids is 1. The molecule has 1 saturated heterocycles. The van der Waals surface area contributed by atoms with Gasteiger partial charge in [-0.05, 0) is 50.5 Å². The number of likely N-dealkylation sites (tertiary alicyclic amines) is 1. The summed E-state index contributed by atoms with van der Waals surface area (Å²) in [5.74, 6) is -0.245. The van der Waals surface area contributed by atoms with E-state index >= 15 is 0 Å². The van der Waals surface area contributed by atoms with E-state index in [4.69, 9.17) is 5.73 Å². The van der Waals surface area contributed by atoms with Gasteiger partial charge in [-0.2, -0.15) is 13.2 Å². The molecular weight excluding hydrogens is 281 g/mol. The summed E-state index contributed by atoms with van der Waals surface area (Å²) in [4.78, 5) is 14.2. The maximum atomic E-state index is 12.5. The predicted octanol–water partition coefficient (Wildman–Crippen LogP) is 3.05. The van der Waals surface area contributed by atoms with Gasteiger partial charge in [0, 0.05) is 24.2 Å². The molecule has 1 aliphatic heterocycles. The Morgan fingerprint density at radius 2 is 1.90 bits per heavy atom. The number of benzene rings is 1. The summed E-state index contributed by atoms with van der Waals surface area (Å²) in [6.07, 6.45) is -1.64. The second-order valence-electron chi connectivity index (χ2n) is 5.50. The average molecular weight is 300 g/mol. The van der Waals surface area contributed by atoms with E-state index in [0.717, 1.165) is 31.4 Å². The van der Waals surface area contributed by atoms with Gasteiger partial charge in [-0.3, -0.25) is 4.79 Å². The minimum absolute atomic E-state index is 0.0476. The summed E-state index contributed by atoms with van der Waals surface area (Å²) < 4.78 is 37.6. The van der Waals surface area contributed by atoms with Crippen molar-refractivity contribution < 1.29 is 18.0 Å². The fourth-order valence-electron chi connectivity index (χ4n) is 2.72. The van der Waals surface area contributed by atoms with E-state index in [9.17, 15) is 18.0 Å². The van der Waals surface area contributed by atoms with Gasteiger partial charge in [0.25, 0.3) is 5.91 Å². The van der Waals surface area contributed by atoms with Gasteiger partial charge < -0.3 is 10.6 Å². The first-order valence-corrected chi connectivity index (χ1v) is 7.04. The highest BCUT2D eigenvalue weighted by molar-refractivity contribution is 5.94. The van der Waals surface area contributed by atoms with Crippen LogP contribution in [0.5, 0.6) is 0 Å². The van der Waals surface area contributed by atoms with Gasteiger partial charge in [0.2, 0.25) is 0 Å². The van der Waals surface area contributed by atoms with E-state index in [2.05, 4.69) is 0 Å². The van der Waals surface area contributed by atoms with E-state index in [1.54, 1.807) is 4.90 Å². The molecule has 1 aromatic rings. The number of amides is 1. The summed E-state index contributed by atoms with van der Waals surface area (Å²) in [6.45, 7) is 2.45. The average Bonchev–Trinajstić information content (AvgIpc) is 2.45. The highest BCUT2D eigenvalue weighted by atomic mass is 19.4. The topological polar surface area (TPSA) is 46.3 Å². The lowest BCUT2D eigenvalue weighted by Gasteiger charge is -2.38. The van der Waals surface area contributed by atoms with Gasteiger partial charge in [0.05, 0.1) is 5.56 Å². The second kappa shape index (κ2) is 6.05. The monoisotopic (exact) mass is 300 g/mol. The zero-order chi connectivity index (χ0) is 15.6. The van der Waals surface area contributed by atoms with Crippen molar-refractivity contribution in [1.82, 2.24) is 4.90 Å². The third-order valence-electron chi connectivity index (χ3n) is 3.88. The molecule has 0 aromatic heterocycles. The normalized spacial score (nSPS) is 21.2. The molecule has 2 unspecified atom stereocenters. The largest absolute Gasteiger partial charge is 0.416 e. The molecule has 1 fully saturated rings. The number of halogens is 3. The third-order valence-corrected chi connectivity index (χ3v) is 3.88. The zero-order valence-corrected chi connectivity index (χ0v) is 11.9. The van der Waals surface area contributed by atoms with Crippen LogP contribution in [0.25, 0.3) is 0 Å². The Labute approximate surface area is 121 Å². The van der Waals surface area contributed by atoms with Gasteiger partial charge in [-0.15, -0.1) is 0 Å². The number of carbonyl (C=O) groups is 1. The molecule has 1 amide bonds. The third kappa shape index (κ3) is 3.56. The van der Waals surface area contributed by atoms with Crippen molar-refractivity contribution in [2.45, 2.75) is 44.4 Å². The molecule has 2 atom stereocenters. The summed E-state index contributed by atoms with van der Waals surface area (Å²) >= 11 is 0. The standard InChI is InChI=1S/C15H19F3N2O/c1-10(19)13-4-2-3-9-20(13)14(21)11-5-7-12(8-6-11)15(16,17)18/h5-8,10,13H,2-4,9,19H2,1H3. The molecular formula is C15H19F3N2O. The molecule has 21 heavy (non-hydrogen) atoms. The molecule has 3 nitrogen and oxygen atoms in total. The van der Waals surface area contributed by atoms with Crippen molar-refractivity contribution in [2.24, 2.45) is 5.73 Å². The number of nitrogens with zero attached hydrogens (tertiary/aromatic N) is 1. The first kappa shape index (κ1) is 15.8. The fourth-order valence-corrected chi connectivity index (χ4v) is 2.72. The van der Waals surface area contributed by atoms with Crippen molar-refractivity contribution in [3.05, 3.63) is 35.4 Å². The summed E-state index contributed by atoms with van der Waals surface area (Å²) in [6, 6.07) is 4.16. The molecule has 1 heterocycles. The van der Waals surface area contributed by atoms with E-state index in [-0.39, 0.29) is 23.6 Å². The van der Waals surface area contributed by atoms with E-state index in [1.807, 2.05) is 6.92 Å². The lowest BCUT2D eigenvalue weighted by atomic mass is 9.96. The smallest absolute Gasteiger partial charge is 0.334 e. The Bertz CT molecular complexity index is 497. The maximum Gasteiger partial charge on any atom is 0.416 e. The predicted molar refractivity (Wildman–Crippen MR) is 73.8 cm³/mol. The van der Waals surface area contributed by atoms with Crippen LogP contribution in [0.1, 0.15) is 42.1 Å². The highest BCUT2D eigenvalue weighted by Crippen LogP contribution is 2.29. The van der Waals surface area contributed by atoms with Crippen molar-refractivity contribution in [3.63, 3.8) is 0 Å². The van der Waals surface area contributed by atoms with Gasteiger partial charge in [0.15, 0.2) is 0 Å². The zero-order valence-electron chi connectivity index (χ0n) is 11.9. The minimum atomic E-state index is -4.39. The highest BCUT2D eigenvalue weighted by Gasteiger charge is 2.32. The Balaban J connectivity index is 2.19. The summed E-state index contributed by atoms with van der Waals surface area (Å²) in [7, 11) is 0. The lowest BCUT2D eigenvalue weighted by Crippen LogP contribution is -2.51. The number of nitrogens with two attached hydrogens (primary N) is 1. The van der Waals surface area contributed by atoms with Gasteiger partial charge in [-0.25, -0.2) is 0 Å². The molecule has 0 saturated carbocycles. The van der Waals surface area contributed by atoms with E-state index in [1.165, 1.54) is 12.1 Å². The van der Waals surface area contributed by atoms with Crippen LogP contribution in [0.3, 0.4) is 0 Å². The van der Waals surface area contributed by atoms with E-state index < -0.39 is 11.7 Å². The van der Waals surface area contributed by atoms with Crippen LogP contribution >= 0.6 is 0 Å². The molecule has 0 bridgehead atoms. The van der Waals surface area contributed by atoms with Crippen LogP contribution in [0.15, 0.2) is 24.3 Å². The minimum Gasteiger partial charge on any atom is -0.334 e. The molecule has 0 radical (unpaired) electrons. The lowest BCUT2D eigenvalue weighted by molar-refractivity contribution is -0.137. The molecule has 1 aliphatic rings. The molecule has 6 heteroatoms. The Kier molecular flexibility index (Phi) is 4.56. The first-order chi connectivity index (χ1) is 9.80. The molecule has 0 aliphatic carbocycles. The first-order valence-electron chi connectivity index (χ1n) is 7.04. The van der Waals surface area contributed by atoms with Crippen molar-refractivity contribution in [2.75, 3.05) is 6.54 Å². The van der Waals surface area contributed by atoms with Crippen molar-refractivity contribution in [3.8, 4) is 0 Å². The summed E-state index contributed by atoms with van der Waals surface area (Å²) in [5, 5.41) is 0. The van der Waals surface area contributed by atoms with Crippen LogP contribution in [0.2, 0.25) is 0 Å². The molecule has 1 aromatic carbocycles. The number of rotatable bonds is 2. The molecule has 2 rings (SSSR count). The Morgan fingerprint density at radius 1 is 1.29 bits per heavy atom. The SMILES string of the molecule is CC(N)C1CCCCN1C(=O)c1ccc(C(F)(F)F)cc1. The number of hydrogen-bond donors (Lipinski definition) is 1. The van der Waals surface area contributed by atoms with Gasteiger partial charge >= 0.3 is 6.18 Å². The maximum absolute atomic E-state index is 12.5. The van der Waals surface area contributed by atoms with Crippen LogP contribution < -0.4 is 5.73 Å². The summed E-state index contributed by atoms with van der Waals surface area (Å²) in [5.41, 5.74) is 5.44. The van der Waals surface area contributed by atoms with Gasteiger partial charge in [-0.1, -0.05) is 0 Å². The van der Waals surface area contributed by atoms with E-state index in [0.29, 0.717) is 6.54 Å². The fraction of sp³-hybridized carbons (Fsp3) is 0.533. The quantitative estimate of drug-likeness (QED) is 0.912. The van der Waals surface area contributed by atoms with Crippen LogP contribution in [0.4, 0.5) is 13.2 Å². The molecule has 116 valence electrons. The second-order valence-corrected chi connectivity index (χ2v) is 5.50. The molecule has 2 N–H and O–H groups in total. The van der Waals surface area contributed by atoms with Crippen molar-refractivity contribution in [1.29, 1.82) is 0 Å². The van der Waals surface area contributed by atoms with Gasteiger partial charge in [0.1, 0.15) is 0 Å². The Morgan fingerprint density at radius 3 is 2.43 bits per heavy atom. The van der Waals surface area contributed by atoms with Crippen LogP contribution in [-0.4, -0.2) is 29.4 Å². The molecule has 0 spiro atoms. The Hall–Kier alpha value is -1.56. The van der Waals surface area contributed by atoms with Crippen LogP contribution in [0, 0.1) is 0 Å². The number of piperidine rings is 1. The van der Waals surface area contributed by atoms with Crippen LogP contribution in [-0.2, 0) is 6.18 Å².